The number of carbonyl (C=O) groups excluding carboxylic acids is 1. The topological polar surface area (TPSA) is 75.7 Å². The lowest BCUT2D eigenvalue weighted by Crippen LogP contribution is -2.39. The van der Waals surface area contributed by atoms with E-state index < -0.39 is 15.9 Å². The van der Waals surface area contributed by atoms with Gasteiger partial charge in [-0.3, -0.25) is 4.79 Å². The molecule has 6 nitrogen and oxygen atoms in total. The van der Waals surface area contributed by atoms with Gasteiger partial charge < -0.3 is 10.1 Å². The maximum Gasteiger partial charge on any atom is 0.245 e. The molecule has 0 spiro atoms. The summed E-state index contributed by atoms with van der Waals surface area (Å²) in [5.41, 5.74) is 0.910. The number of hydrogen-bond donors (Lipinski definition) is 1. The first-order chi connectivity index (χ1) is 10.6. The minimum absolute atomic E-state index is 0.0728. The van der Waals surface area contributed by atoms with Crippen molar-refractivity contribution in [2.75, 3.05) is 33.9 Å². The fraction of sp³-hybridized carbons (Fsp3) is 0.500. The van der Waals surface area contributed by atoms with E-state index in [0.29, 0.717) is 29.3 Å². The van der Waals surface area contributed by atoms with Crippen LogP contribution in [0.2, 0.25) is 10.0 Å². The molecule has 1 aromatic rings. The Morgan fingerprint density at radius 2 is 1.96 bits per heavy atom. The summed E-state index contributed by atoms with van der Waals surface area (Å²) in [6.07, 6.45) is 0. The lowest BCUT2D eigenvalue weighted by atomic mass is 10.2. The van der Waals surface area contributed by atoms with Crippen LogP contribution >= 0.6 is 23.2 Å². The van der Waals surface area contributed by atoms with Crippen molar-refractivity contribution in [3.63, 3.8) is 0 Å². The quantitative estimate of drug-likeness (QED) is 0.731. The Balaban J connectivity index is 3.06. The Bertz CT molecular complexity index is 666. The number of nitrogens with one attached hydrogen (secondary N) is 1. The van der Waals surface area contributed by atoms with Crippen molar-refractivity contribution in [3.8, 4) is 0 Å². The maximum atomic E-state index is 12.7. The molecule has 0 aliphatic heterocycles. The molecular formula is C14H20Cl2N2O4S. The van der Waals surface area contributed by atoms with Crippen LogP contribution in [0.25, 0.3) is 0 Å². The summed E-state index contributed by atoms with van der Waals surface area (Å²) in [5.74, 6) is -0.430. The number of ether oxygens (including phenoxy) is 1. The van der Waals surface area contributed by atoms with Crippen molar-refractivity contribution in [2.45, 2.75) is 18.7 Å². The number of methoxy groups -OCH3 is 1. The molecule has 0 saturated heterocycles. The number of hydrogen-bond acceptors (Lipinski definition) is 4. The number of amides is 1. The molecule has 0 aliphatic carbocycles. The van der Waals surface area contributed by atoms with Crippen molar-refractivity contribution in [1.82, 2.24) is 9.62 Å². The Labute approximate surface area is 146 Å². The van der Waals surface area contributed by atoms with Crippen LogP contribution in [0.15, 0.2) is 11.0 Å². The Morgan fingerprint density at radius 3 is 2.52 bits per heavy atom. The van der Waals surface area contributed by atoms with Gasteiger partial charge in [-0.05, 0) is 31.0 Å². The summed E-state index contributed by atoms with van der Waals surface area (Å²) in [6.45, 7) is 3.57. The SMILES string of the molecule is COCCNC(=O)CN(C)S(=O)(=O)c1c(C)c(Cl)cc(C)c1Cl. The Kier molecular flexibility index (Phi) is 7.29. The second-order valence-corrected chi connectivity index (χ2v) is 7.81. The van der Waals surface area contributed by atoms with Crippen molar-refractivity contribution in [1.29, 1.82) is 0 Å². The van der Waals surface area contributed by atoms with Crippen LogP contribution in [-0.4, -0.2) is 52.5 Å². The highest BCUT2D eigenvalue weighted by atomic mass is 35.5. The van der Waals surface area contributed by atoms with Crippen molar-refractivity contribution in [3.05, 3.63) is 27.2 Å². The lowest BCUT2D eigenvalue weighted by molar-refractivity contribution is -0.121. The smallest absolute Gasteiger partial charge is 0.245 e. The third-order valence-electron chi connectivity index (χ3n) is 3.25. The molecular weight excluding hydrogens is 363 g/mol. The van der Waals surface area contributed by atoms with Gasteiger partial charge in [-0.25, -0.2) is 8.42 Å². The third kappa shape index (κ3) is 4.81. The van der Waals surface area contributed by atoms with Crippen LogP contribution in [0.4, 0.5) is 0 Å². The van der Waals surface area contributed by atoms with E-state index in [4.69, 9.17) is 27.9 Å². The summed E-state index contributed by atoms with van der Waals surface area (Å²) in [6, 6.07) is 1.61. The van der Waals surface area contributed by atoms with E-state index in [0.717, 1.165) is 4.31 Å². The number of rotatable bonds is 7. The van der Waals surface area contributed by atoms with Gasteiger partial charge >= 0.3 is 0 Å². The van der Waals surface area contributed by atoms with Crippen molar-refractivity contribution >= 4 is 39.1 Å². The average molecular weight is 383 g/mol. The Morgan fingerprint density at radius 1 is 1.35 bits per heavy atom. The van der Waals surface area contributed by atoms with Gasteiger partial charge in [0, 0.05) is 25.7 Å². The first-order valence-corrected chi connectivity index (χ1v) is 8.99. The van der Waals surface area contributed by atoms with E-state index in [2.05, 4.69) is 5.32 Å². The molecule has 0 heterocycles. The molecule has 0 saturated carbocycles. The van der Waals surface area contributed by atoms with Crippen molar-refractivity contribution in [2.24, 2.45) is 0 Å². The molecule has 0 aliphatic rings. The molecule has 0 radical (unpaired) electrons. The number of nitrogens with zero attached hydrogens (tertiary/aromatic N) is 1. The fourth-order valence-corrected chi connectivity index (χ4v) is 4.20. The van der Waals surface area contributed by atoms with E-state index in [-0.39, 0.29) is 16.5 Å². The number of halogens is 2. The number of carbonyl (C=O) groups is 1. The van der Waals surface area contributed by atoms with Crippen LogP contribution in [0.3, 0.4) is 0 Å². The van der Waals surface area contributed by atoms with Gasteiger partial charge in [0.05, 0.1) is 18.2 Å². The third-order valence-corrected chi connectivity index (χ3v) is 6.22. The number of benzene rings is 1. The van der Waals surface area contributed by atoms with Crippen molar-refractivity contribution < 1.29 is 17.9 Å². The van der Waals surface area contributed by atoms with Crippen LogP contribution in [0.5, 0.6) is 0 Å². The molecule has 1 aromatic carbocycles. The van der Waals surface area contributed by atoms with Crippen LogP contribution < -0.4 is 5.32 Å². The van der Waals surface area contributed by atoms with Gasteiger partial charge in [0.25, 0.3) is 0 Å². The van der Waals surface area contributed by atoms with Crippen LogP contribution in [0.1, 0.15) is 11.1 Å². The summed E-state index contributed by atoms with van der Waals surface area (Å²) >= 11 is 12.2. The fourth-order valence-electron chi connectivity index (χ4n) is 1.91. The minimum atomic E-state index is -3.95. The second kappa shape index (κ2) is 8.30. The van der Waals surface area contributed by atoms with E-state index in [1.165, 1.54) is 14.2 Å². The highest BCUT2D eigenvalue weighted by Gasteiger charge is 2.29. The number of likely N-dealkylation sites (N-methyl/N-ethyl adjacent to an activating group) is 1. The molecule has 0 bridgehead atoms. The molecule has 9 heteroatoms. The number of aryl methyl sites for hydroxylation is 1. The van der Waals surface area contributed by atoms with E-state index in [9.17, 15) is 13.2 Å². The predicted molar refractivity (Wildman–Crippen MR) is 90.6 cm³/mol. The van der Waals surface area contributed by atoms with E-state index in [1.807, 2.05) is 0 Å². The monoisotopic (exact) mass is 382 g/mol. The molecule has 1 rings (SSSR count). The minimum Gasteiger partial charge on any atom is -0.383 e. The molecule has 0 aromatic heterocycles. The van der Waals surface area contributed by atoms with Gasteiger partial charge in [-0.15, -0.1) is 0 Å². The van der Waals surface area contributed by atoms with Crippen LogP contribution in [-0.2, 0) is 19.6 Å². The van der Waals surface area contributed by atoms with Crippen LogP contribution in [0, 0.1) is 13.8 Å². The zero-order valence-electron chi connectivity index (χ0n) is 13.4. The summed E-state index contributed by atoms with van der Waals surface area (Å²) in [4.78, 5) is 11.7. The van der Waals surface area contributed by atoms with E-state index in [1.54, 1.807) is 19.9 Å². The van der Waals surface area contributed by atoms with Gasteiger partial charge in [0.15, 0.2) is 0 Å². The summed E-state index contributed by atoms with van der Waals surface area (Å²) in [5, 5.41) is 2.98. The summed E-state index contributed by atoms with van der Waals surface area (Å²) < 4.78 is 31.2. The van der Waals surface area contributed by atoms with Gasteiger partial charge in [0.2, 0.25) is 15.9 Å². The molecule has 1 amide bonds. The molecule has 0 atom stereocenters. The normalized spacial score (nSPS) is 11.8. The van der Waals surface area contributed by atoms with E-state index >= 15 is 0 Å². The Hall–Kier alpha value is -0.860. The second-order valence-electron chi connectivity index (χ2n) is 5.05. The average Bonchev–Trinajstić information content (AvgIpc) is 2.45. The molecule has 130 valence electrons. The largest absolute Gasteiger partial charge is 0.383 e. The first-order valence-electron chi connectivity index (χ1n) is 6.80. The molecule has 0 unspecified atom stereocenters. The highest BCUT2D eigenvalue weighted by molar-refractivity contribution is 7.89. The highest BCUT2D eigenvalue weighted by Crippen LogP contribution is 2.34. The maximum absolute atomic E-state index is 12.7. The summed E-state index contributed by atoms with van der Waals surface area (Å²) in [7, 11) is -1.12. The predicted octanol–water partition coefficient (Wildman–Crippen LogP) is 1.99. The zero-order valence-corrected chi connectivity index (χ0v) is 15.8. The first kappa shape index (κ1) is 20.2. The number of sulfonamides is 1. The van der Waals surface area contributed by atoms with Gasteiger partial charge in [0.1, 0.15) is 4.90 Å². The molecule has 23 heavy (non-hydrogen) atoms. The lowest BCUT2D eigenvalue weighted by Gasteiger charge is -2.20. The molecule has 0 fully saturated rings. The molecule has 1 N–H and O–H groups in total. The van der Waals surface area contributed by atoms with Gasteiger partial charge in [-0.2, -0.15) is 4.31 Å². The zero-order chi connectivity index (χ0) is 17.8. The standard InChI is InChI=1S/C14H20Cl2N2O4S/c1-9-7-11(15)10(2)14(13(9)16)23(20,21)18(3)8-12(19)17-5-6-22-4/h7H,5-6,8H2,1-4H3,(H,17,19). The van der Waals surface area contributed by atoms with Gasteiger partial charge in [-0.1, -0.05) is 23.2 Å².